The average molecular weight is 258 g/mol. The summed E-state index contributed by atoms with van der Waals surface area (Å²) in [6.07, 6.45) is 7.13. The molecule has 2 N–H and O–H groups in total. The van der Waals surface area contributed by atoms with Crippen LogP contribution in [0.2, 0.25) is 0 Å². The number of benzene rings is 1. The molecular formula is C17H22O2. The van der Waals surface area contributed by atoms with Crippen molar-refractivity contribution in [3.63, 3.8) is 0 Å². The molecule has 2 nitrogen and oxygen atoms in total. The van der Waals surface area contributed by atoms with Crippen molar-refractivity contribution >= 4 is 0 Å². The highest BCUT2D eigenvalue weighted by molar-refractivity contribution is 5.28. The first kappa shape index (κ1) is 11.8. The zero-order valence-electron chi connectivity index (χ0n) is 11.3. The lowest BCUT2D eigenvalue weighted by atomic mass is 9.71. The Morgan fingerprint density at radius 2 is 1.84 bits per heavy atom. The molecule has 1 aromatic carbocycles. The van der Waals surface area contributed by atoms with E-state index in [1.807, 2.05) is 12.1 Å². The van der Waals surface area contributed by atoms with E-state index in [-0.39, 0.29) is 0 Å². The van der Waals surface area contributed by atoms with E-state index < -0.39 is 5.60 Å². The summed E-state index contributed by atoms with van der Waals surface area (Å²) >= 11 is 0. The SMILES string of the molecule is Oc1ccc(CC2(O)CC3CC2C2CCCC32)cc1. The van der Waals surface area contributed by atoms with Gasteiger partial charge in [0.15, 0.2) is 0 Å². The van der Waals surface area contributed by atoms with Crippen LogP contribution in [-0.2, 0) is 6.42 Å². The summed E-state index contributed by atoms with van der Waals surface area (Å²) in [6.45, 7) is 0. The third kappa shape index (κ3) is 1.73. The minimum Gasteiger partial charge on any atom is -0.508 e. The average Bonchev–Trinajstić information content (AvgIpc) is 3.02. The third-order valence-electron chi connectivity index (χ3n) is 6.06. The number of phenolic OH excluding ortho intramolecular Hbond substituents is 1. The van der Waals surface area contributed by atoms with Crippen molar-refractivity contribution in [2.45, 2.75) is 44.1 Å². The fourth-order valence-corrected chi connectivity index (χ4v) is 5.41. The molecular weight excluding hydrogens is 236 g/mol. The highest BCUT2D eigenvalue weighted by Crippen LogP contribution is 2.62. The zero-order chi connectivity index (χ0) is 13.0. The summed E-state index contributed by atoms with van der Waals surface area (Å²) < 4.78 is 0. The third-order valence-corrected chi connectivity index (χ3v) is 6.06. The largest absolute Gasteiger partial charge is 0.508 e. The first-order chi connectivity index (χ1) is 9.16. The molecule has 102 valence electrons. The van der Waals surface area contributed by atoms with Crippen molar-refractivity contribution in [3.05, 3.63) is 29.8 Å². The molecule has 0 spiro atoms. The van der Waals surface area contributed by atoms with Crippen LogP contribution >= 0.6 is 0 Å². The van der Waals surface area contributed by atoms with Crippen LogP contribution < -0.4 is 0 Å². The second kappa shape index (κ2) is 3.99. The van der Waals surface area contributed by atoms with Gasteiger partial charge in [0.05, 0.1) is 5.60 Å². The molecule has 3 fully saturated rings. The van der Waals surface area contributed by atoms with Gasteiger partial charge in [-0.1, -0.05) is 18.6 Å². The quantitative estimate of drug-likeness (QED) is 0.855. The van der Waals surface area contributed by atoms with Gasteiger partial charge in [0.1, 0.15) is 5.75 Å². The summed E-state index contributed by atoms with van der Waals surface area (Å²) in [5.41, 5.74) is 0.676. The first-order valence-electron chi connectivity index (χ1n) is 7.66. The molecule has 0 heterocycles. The van der Waals surface area contributed by atoms with Crippen molar-refractivity contribution in [1.82, 2.24) is 0 Å². The Morgan fingerprint density at radius 3 is 2.63 bits per heavy atom. The molecule has 3 aliphatic rings. The molecule has 0 aliphatic heterocycles. The summed E-state index contributed by atoms with van der Waals surface area (Å²) in [4.78, 5) is 0. The minimum atomic E-state index is -0.479. The topological polar surface area (TPSA) is 40.5 Å². The summed E-state index contributed by atoms with van der Waals surface area (Å²) in [7, 11) is 0. The molecule has 5 unspecified atom stereocenters. The summed E-state index contributed by atoms with van der Waals surface area (Å²) in [5.74, 6) is 3.32. The number of aromatic hydroxyl groups is 1. The van der Waals surface area contributed by atoms with Crippen molar-refractivity contribution < 1.29 is 10.2 Å². The lowest BCUT2D eigenvalue weighted by Crippen LogP contribution is -2.43. The maximum atomic E-state index is 11.1. The van der Waals surface area contributed by atoms with Crippen LogP contribution in [0.1, 0.15) is 37.7 Å². The van der Waals surface area contributed by atoms with Gasteiger partial charge < -0.3 is 10.2 Å². The van der Waals surface area contributed by atoms with Crippen LogP contribution in [0.5, 0.6) is 5.75 Å². The van der Waals surface area contributed by atoms with Crippen molar-refractivity contribution in [3.8, 4) is 5.75 Å². The Kier molecular flexibility index (Phi) is 2.47. The molecule has 3 aliphatic carbocycles. The highest BCUT2D eigenvalue weighted by atomic mass is 16.3. The molecule has 2 heteroatoms. The first-order valence-corrected chi connectivity index (χ1v) is 7.66. The minimum absolute atomic E-state index is 0.305. The van der Waals surface area contributed by atoms with Gasteiger partial charge >= 0.3 is 0 Å². The maximum absolute atomic E-state index is 11.1. The van der Waals surface area contributed by atoms with E-state index in [1.54, 1.807) is 12.1 Å². The lowest BCUT2D eigenvalue weighted by Gasteiger charge is -2.39. The second-order valence-corrected chi connectivity index (χ2v) is 7.01. The fraction of sp³-hybridized carbons (Fsp3) is 0.647. The Labute approximate surface area is 114 Å². The molecule has 3 saturated carbocycles. The van der Waals surface area contributed by atoms with Gasteiger partial charge in [-0.05, 0) is 67.1 Å². The van der Waals surface area contributed by atoms with Crippen molar-refractivity contribution in [1.29, 1.82) is 0 Å². The maximum Gasteiger partial charge on any atom is 0.115 e. The van der Waals surface area contributed by atoms with Gasteiger partial charge in [-0.2, -0.15) is 0 Å². The van der Waals surface area contributed by atoms with Crippen LogP contribution in [0, 0.1) is 23.7 Å². The molecule has 4 rings (SSSR count). The van der Waals surface area contributed by atoms with Crippen molar-refractivity contribution in [2.24, 2.45) is 23.7 Å². The number of fused-ring (bicyclic) bond motifs is 5. The Morgan fingerprint density at radius 1 is 1.11 bits per heavy atom. The van der Waals surface area contributed by atoms with Gasteiger partial charge in [-0.3, -0.25) is 0 Å². The van der Waals surface area contributed by atoms with Gasteiger partial charge in [0.2, 0.25) is 0 Å². The van der Waals surface area contributed by atoms with E-state index in [1.165, 1.54) is 25.7 Å². The Balaban J connectivity index is 1.56. The Bertz CT molecular complexity index is 481. The monoisotopic (exact) mass is 258 g/mol. The van der Waals surface area contributed by atoms with Gasteiger partial charge in [-0.25, -0.2) is 0 Å². The van der Waals surface area contributed by atoms with E-state index >= 15 is 0 Å². The normalized spacial score (nSPS) is 43.6. The standard InChI is InChI=1S/C17H22O2/c18-13-6-4-11(5-7-13)9-17(19)10-12-8-16(17)15-3-1-2-14(12)15/h4-7,12,14-16,18-19H,1-3,8-10H2. The Hall–Kier alpha value is -1.02. The number of rotatable bonds is 2. The van der Waals surface area contributed by atoms with E-state index in [2.05, 4.69) is 0 Å². The summed E-state index contributed by atoms with van der Waals surface area (Å²) in [5, 5.41) is 20.4. The zero-order valence-corrected chi connectivity index (χ0v) is 11.3. The smallest absolute Gasteiger partial charge is 0.115 e. The predicted molar refractivity (Wildman–Crippen MR) is 73.8 cm³/mol. The van der Waals surface area contributed by atoms with E-state index in [4.69, 9.17) is 0 Å². The van der Waals surface area contributed by atoms with Crippen LogP contribution in [0.3, 0.4) is 0 Å². The fourth-order valence-electron chi connectivity index (χ4n) is 5.41. The van der Waals surface area contributed by atoms with Crippen LogP contribution in [0.15, 0.2) is 24.3 Å². The van der Waals surface area contributed by atoms with Crippen LogP contribution in [-0.4, -0.2) is 15.8 Å². The lowest BCUT2D eigenvalue weighted by molar-refractivity contribution is -0.0450. The van der Waals surface area contributed by atoms with E-state index in [9.17, 15) is 10.2 Å². The van der Waals surface area contributed by atoms with Crippen LogP contribution in [0.25, 0.3) is 0 Å². The van der Waals surface area contributed by atoms with E-state index in [0.29, 0.717) is 11.7 Å². The molecule has 1 aromatic rings. The molecule has 0 aromatic heterocycles. The number of hydrogen-bond donors (Lipinski definition) is 2. The van der Waals surface area contributed by atoms with Gasteiger partial charge in [0, 0.05) is 6.42 Å². The van der Waals surface area contributed by atoms with Gasteiger partial charge in [-0.15, -0.1) is 0 Å². The molecule has 0 saturated heterocycles. The molecule has 0 radical (unpaired) electrons. The molecule has 5 atom stereocenters. The van der Waals surface area contributed by atoms with Gasteiger partial charge in [0.25, 0.3) is 0 Å². The van der Waals surface area contributed by atoms with Crippen molar-refractivity contribution in [2.75, 3.05) is 0 Å². The number of aliphatic hydroxyl groups is 1. The summed E-state index contributed by atoms with van der Waals surface area (Å²) in [6, 6.07) is 7.35. The predicted octanol–water partition coefficient (Wildman–Crippen LogP) is 3.12. The molecule has 0 amide bonds. The van der Waals surface area contributed by atoms with E-state index in [0.717, 1.165) is 36.2 Å². The number of phenols is 1. The molecule has 19 heavy (non-hydrogen) atoms. The second-order valence-electron chi connectivity index (χ2n) is 7.01. The van der Waals surface area contributed by atoms with Crippen LogP contribution in [0.4, 0.5) is 0 Å². The highest BCUT2D eigenvalue weighted by Gasteiger charge is 2.59. The number of hydrogen-bond acceptors (Lipinski definition) is 2. The molecule has 2 bridgehead atoms.